The summed E-state index contributed by atoms with van der Waals surface area (Å²) in [7, 11) is 0. The van der Waals surface area contributed by atoms with Crippen molar-refractivity contribution in [3.8, 4) is 5.82 Å². The molecule has 1 N–H and O–H groups in total. The van der Waals surface area contributed by atoms with Crippen LogP contribution in [-0.2, 0) is 4.74 Å². The number of hydrogen-bond acceptors (Lipinski definition) is 7. The normalized spacial score (nSPS) is 19.7. The molecule has 0 atom stereocenters. The third-order valence-corrected chi connectivity index (χ3v) is 4.92. The van der Waals surface area contributed by atoms with Crippen LogP contribution in [0.1, 0.15) is 46.5 Å². The van der Waals surface area contributed by atoms with Crippen LogP contribution in [0.4, 0.5) is 10.6 Å². The van der Waals surface area contributed by atoms with Crippen LogP contribution < -0.4 is 5.43 Å². The molecule has 0 bridgehead atoms. The Morgan fingerprint density at radius 1 is 1.29 bits per heavy atom. The highest BCUT2D eigenvalue weighted by Crippen LogP contribution is 2.48. The van der Waals surface area contributed by atoms with Gasteiger partial charge in [0.2, 0.25) is 0 Å². The molecule has 2 aromatic rings. The van der Waals surface area contributed by atoms with Crippen molar-refractivity contribution in [1.82, 2.24) is 24.6 Å². The van der Waals surface area contributed by atoms with Crippen molar-refractivity contribution >= 4 is 17.6 Å². The van der Waals surface area contributed by atoms with E-state index >= 15 is 0 Å². The predicted octanol–water partition coefficient (Wildman–Crippen LogP) is 2.99. The number of hydrazone groups is 1. The fraction of sp³-hybridized carbons (Fsp3) is 0.526. The number of nitrogens with one attached hydrogen (secondary N) is 1. The molecule has 0 unspecified atom stereocenters. The maximum Gasteiger partial charge on any atom is 0.410 e. The number of carbonyl (C=O) groups excluding carboxylic acids is 1. The lowest BCUT2D eigenvalue weighted by Gasteiger charge is -2.37. The van der Waals surface area contributed by atoms with E-state index in [9.17, 15) is 4.79 Å². The molecule has 2 aliphatic rings. The molecule has 4 rings (SSSR count). The van der Waals surface area contributed by atoms with E-state index in [1.165, 1.54) is 0 Å². The number of piperidine rings is 1. The van der Waals surface area contributed by atoms with E-state index in [1.807, 2.05) is 44.0 Å². The highest BCUT2D eigenvalue weighted by atomic mass is 16.6. The van der Waals surface area contributed by atoms with Gasteiger partial charge in [-0.05, 0) is 45.7 Å². The molecule has 9 nitrogen and oxygen atoms in total. The van der Waals surface area contributed by atoms with E-state index < -0.39 is 5.60 Å². The third-order valence-electron chi connectivity index (χ3n) is 4.92. The van der Waals surface area contributed by atoms with Gasteiger partial charge in [0.05, 0.1) is 5.54 Å². The Labute approximate surface area is 163 Å². The van der Waals surface area contributed by atoms with Crippen molar-refractivity contribution in [1.29, 1.82) is 0 Å². The lowest BCUT2D eigenvalue weighted by molar-refractivity contribution is 0.0122. The largest absolute Gasteiger partial charge is 0.444 e. The zero-order chi connectivity index (χ0) is 19.8. The first kappa shape index (κ1) is 18.4. The minimum atomic E-state index is -0.482. The summed E-state index contributed by atoms with van der Waals surface area (Å²) in [6.45, 7) is 6.31. The molecule has 1 aliphatic heterocycles. The van der Waals surface area contributed by atoms with Crippen LogP contribution in [0.2, 0.25) is 0 Å². The van der Waals surface area contributed by atoms with Gasteiger partial charge in [-0.15, -0.1) is 10.2 Å². The standard InChI is InChI=1S/C19H25N7O2/c1-18(2,3)28-17(27)26-10-6-14(12-19(26)7-8-19)21-22-15-4-5-16(24-23-15)25-11-9-20-13-25/h4-5,9,11,13H,6-8,10,12H2,1-3H3,(H,22,23)/b21-14+. The third kappa shape index (κ3) is 3.97. The van der Waals surface area contributed by atoms with E-state index in [1.54, 1.807) is 17.1 Å². The Hall–Kier alpha value is -2.97. The van der Waals surface area contributed by atoms with Gasteiger partial charge < -0.3 is 9.64 Å². The van der Waals surface area contributed by atoms with Gasteiger partial charge in [0.25, 0.3) is 0 Å². The summed E-state index contributed by atoms with van der Waals surface area (Å²) >= 11 is 0. The van der Waals surface area contributed by atoms with Crippen LogP contribution in [0.3, 0.4) is 0 Å². The van der Waals surface area contributed by atoms with E-state index in [0.29, 0.717) is 24.6 Å². The number of anilines is 1. The fourth-order valence-electron chi connectivity index (χ4n) is 3.38. The Morgan fingerprint density at radius 2 is 2.11 bits per heavy atom. The molecule has 3 heterocycles. The summed E-state index contributed by atoms with van der Waals surface area (Å²) in [5.41, 5.74) is 3.42. The van der Waals surface area contributed by atoms with Crippen molar-refractivity contribution in [3.05, 3.63) is 30.9 Å². The van der Waals surface area contributed by atoms with Crippen LogP contribution >= 0.6 is 0 Å². The molecule has 9 heteroatoms. The average molecular weight is 383 g/mol. The van der Waals surface area contributed by atoms with Gasteiger partial charge in [-0.25, -0.2) is 9.78 Å². The second-order valence-electron chi connectivity index (χ2n) is 8.32. The molecule has 28 heavy (non-hydrogen) atoms. The Bertz CT molecular complexity index is 865. The Balaban J connectivity index is 1.38. The van der Waals surface area contributed by atoms with Gasteiger partial charge in [0, 0.05) is 37.5 Å². The topological polar surface area (TPSA) is 97.5 Å². The van der Waals surface area contributed by atoms with Crippen molar-refractivity contribution in [2.45, 2.75) is 57.6 Å². The van der Waals surface area contributed by atoms with Crippen molar-refractivity contribution in [3.63, 3.8) is 0 Å². The highest BCUT2D eigenvalue weighted by Gasteiger charge is 2.53. The maximum atomic E-state index is 12.5. The van der Waals surface area contributed by atoms with Gasteiger partial charge in [-0.3, -0.25) is 9.99 Å². The van der Waals surface area contributed by atoms with Crippen LogP contribution in [0, 0.1) is 0 Å². The minimum Gasteiger partial charge on any atom is -0.444 e. The first-order chi connectivity index (χ1) is 13.3. The highest BCUT2D eigenvalue weighted by molar-refractivity contribution is 5.89. The molecule has 0 radical (unpaired) electrons. The monoisotopic (exact) mass is 383 g/mol. The summed E-state index contributed by atoms with van der Waals surface area (Å²) < 4.78 is 7.35. The molecule has 1 saturated carbocycles. The molecule has 1 spiro atoms. The summed E-state index contributed by atoms with van der Waals surface area (Å²) in [6.07, 6.45) is 8.41. The zero-order valence-corrected chi connectivity index (χ0v) is 16.4. The molecular formula is C19H25N7O2. The number of rotatable bonds is 3. The van der Waals surface area contributed by atoms with Crippen LogP contribution in [0.15, 0.2) is 36.0 Å². The molecule has 1 aliphatic carbocycles. The molecular weight excluding hydrogens is 358 g/mol. The summed E-state index contributed by atoms with van der Waals surface area (Å²) in [6, 6.07) is 3.68. The summed E-state index contributed by atoms with van der Waals surface area (Å²) in [4.78, 5) is 18.4. The molecule has 1 amide bonds. The number of hydrogen-bond donors (Lipinski definition) is 1. The number of nitrogens with zero attached hydrogens (tertiary/aromatic N) is 6. The van der Waals surface area contributed by atoms with Crippen LogP contribution in [0.25, 0.3) is 5.82 Å². The number of carbonyl (C=O) groups is 1. The first-order valence-corrected chi connectivity index (χ1v) is 9.49. The van der Waals surface area contributed by atoms with E-state index in [2.05, 4.69) is 25.7 Å². The SMILES string of the molecule is CC(C)(C)OC(=O)N1CC/C(=N\Nc2ccc(-n3ccnc3)nn2)CC12CC2. The number of ether oxygens (including phenoxy) is 1. The number of amides is 1. The van der Waals surface area contributed by atoms with E-state index in [-0.39, 0.29) is 11.6 Å². The number of aromatic nitrogens is 4. The quantitative estimate of drug-likeness (QED) is 0.818. The lowest BCUT2D eigenvalue weighted by atomic mass is 9.98. The number of likely N-dealkylation sites (tertiary alicyclic amines) is 1. The first-order valence-electron chi connectivity index (χ1n) is 9.49. The van der Waals surface area contributed by atoms with Crippen LogP contribution in [0.5, 0.6) is 0 Å². The lowest BCUT2D eigenvalue weighted by Crippen LogP contribution is -2.50. The average Bonchev–Trinajstić information content (AvgIpc) is 3.18. The zero-order valence-electron chi connectivity index (χ0n) is 16.4. The molecule has 148 valence electrons. The minimum absolute atomic E-state index is 0.127. The van der Waals surface area contributed by atoms with Crippen molar-refractivity contribution in [2.24, 2.45) is 5.10 Å². The fourth-order valence-corrected chi connectivity index (χ4v) is 3.38. The van der Waals surface area contributed by atoms with E-state index in [4.69, 9.17) is 4.74 Å². The Morgan fingerprint density at radius 3 is 2.71 bits per heavy atom. The van der Waals surface area contributed by atoms with Crippen molar-refractivity contribution < 1.29 is 9.53 Å². The summed E-state index contributed by atoms with van der Waals surface area (Å²) in [5.74, 6) is 1.27. The molecule has 2 fully saturated rings. The molecule has 2 aromatic heterocycles. The number of imidazole rings is 1. The summed E-state index contributed by atoms with van der Waals surface area (Å²) in [5, 5.41) is 12.8. The van der Waals surface area contributed by atoms with Gasteiger partial charge in [0.15, 0.2) is 11.6 Å². The maximum absolute atomic E-state index is 12.5. The van der Waals surface area contributed by atoms with E-state index in [0.717, 1.165) is 25.0 Å². The smallest absolute Gasteiger partial charge is 0.410 e. The Kier molecular flexibility index (Phi) is 4.52. The van der Waals surface area contributed by atoms with Crippen LogP contribution in [-0.4, -0.2) is 54.1 Å². The second-order valence-corrected chi connectivity index (χ2v) is 8.32. The van der Waals surface area contributed by atoms with Crippen molar-refractivity contribution in [2.75, 3.05) is 12.0 Å². The van der Waals surface area contributed by atoms with Gasteiger partial charge in [-0.1, -0.05) is 0 Å². The predicted molar refractivity (Wildman–Crippen MR) is 104 cm³/mol. The van der Waals surface area contributed by atoms with Gasteiger partial charge in [0.1, 0.15) is 11.9 Å². The van der Waals surface area contributed by atoms with Gasteiger partial charge in [-0.2, -0.15) is 5.10 Å². The molecule has 0 aromatic carbocycles. The second kappa shape index (κ2) is 6.88. The van der Waals surface area contributed by atoms with Gasteiger partial charge >= 0.3 is 6.09 Å². The molecule has 1 saturated heterocycles.